The third-order valence-electron chi connectivity index (χ3n) is 4.55. The zero-order valence-electron chi connectivity index (χ0n) is 11.7. The SMILES string of the molecule is COC1(C(=O)N(C)CC2CCCC2)CCNCC1. The first-order valence-corrected chi connectivity index (χ1v) is 7.19. The fourth-order valence-electron chi connectivity index (χ4n) is 3.35. The van der Waals surface area contributed by atoms with Crippen LogP contribution in [-0.4, -0.2) is 50.2 Å². The summed E-state index contributed by atoms with van der Waals surface area (Å²) in [6.45, 7) is 2.64. The minimum absolute atomic E-state index is 0.179. The molecule has 0 aromatic rings. The topological polar surface area (TPSA) is 41.6 Å². The van der Waals surface area contributed by atoms with Gasteiger partial charge >= 0.3 is 0 Å². The number of nitrogens with one attached hydrogen (secondary N) is 1. The molecule has 0 radical (unpaired) electrons. The summed E-state index contributed by atoms with van der Waals surface area (Å²) >= 11 is 0. The maximum atomic E-state index is 12.6. The summed E-state index contributed by atoms with van der Waals surface area (Å²) in [7, 11) is 3.61. The molecule has 1 amide bonds. The smallest absolute Gasteiger partial charge is 0.254 e. The molecule has 2 rings (SSSR count). The predicted octanol–water partition coefficient (Wildman–Crippen LogP) is 1.40. The van der Waals surface area contributed by atoms with Gasteiger partial charge in [0.1, 0.15) is 5.60 Å². The number of carbonyl (C=O) groups excluding carboxylic acids is 1. The second-order valence-corrected chi connectivity index (χ2v) is 5.78. The number of amides is 1. The molecule has 1 aliphatic heterocycles. The van der Waals surface area contributed by atoms with Crippen molar-refractivity contribution in [3.8, 4) is 0 Å². The number of carbonyl (C=O) groups is 1. The van der Waals surface area contributed by atoms with Crippen LogP contribution in [0.4, 0.5) is 0 Å². The van der Waals surface area contributed by atoms with E-state index in [1.54, 1.807) is 7.11 Å². The summed E-state index contributed by atoms with van der Waals surface area (Å²) < 4.78 is 5.59. The van der Waals surface area contributed by atoms with Crippen molar-refractivity contribution in [2.45, 2.75) is 44.1 Å². The minimum atomic E-state index is -0.571. The molecule has 4 nitrogen and oxygen atoms in total. The van der Waals surface area contributed by atoms with Gasteiger partial charge in [-0.3, -0.25) is 4.79 Å². The molecule has 1 saturated carbocycles. The highest BCUT2D eigenvalue weighted by Gasteiger charge is 2.41. The average Bonchev–Trinajstić information content (AvgIpc) is 2.91. The third kappa shape index (κ3) is 2.86. The highest BCUT2D eigenvalue weighted by atomic mass is 16.5. The monoisotopic (exact) mass is 254 g/mol. The Morgan fingerprint density at radius 3 is 2.50 bits per heavy atom. The van der Waals surface area contributed by atoms with Gasteiger partial charge in [-0.15, -0.1) is 0 Å². The summed E-state index contributed by atoms with van der Waals surface area (Å²) in [4.78, 5) is 14.5. The van der Waals surface area contributed by atoms with Crippen LogP contribution in [0.1, 0.15) is 38.5 Å². The van der Waals surface area contributed by atoms with E-state index in [-0.39, 0.29) is 5.91 Å². The van der Waals surface area contributed by atoms with E-state index in [4.69, 9.17) is 4.74 Å². The number of hydrogen-bond donors (Lipinski definition) is 1. The summed E-state index contributed by atoms with van der Waals surface area (Å²) in [5, 5.41) is 3.29. The maximum absolute atomic E-state index is 12.6. The Morgan fingerprint density at radius 2 is 1.94 bits per heavy atom. The number of likely N-dealkylation sites (N-methyl/N-ethyl adjacent to an activating group) is 1. The summed E-state index contributed by atoms with van der Waals surface area (Å²) in [6, 6.07) is 0. The van der Waals surface area contributed by atoms with E-state index < -0.39 is 5.60 Å². The van der Waals surface area contributed by atoms with Crippen LogP contribution in [0, 0.1) is 5.92 Å². The molecule has 1 aliphatic carbocycles. The molecule has 1 heterocycles. The van der Waals surface area contributed by atoms with Crippen molar-refractivity contribution in [2.24, 2.45) is 5.92 Å². The van der Waals surface area contributed by atoms with E-state index in [0.717, 1.165) is 32.5 Å². The molecular weight excluding hydrogens is 228 g/mol. The molecule has 2 fully saturated rings. The number of hydrogen-bond acceptors (Lipinski definition) is 3. The molecule has 2 aliphatic rings. The second-order valence-electron chi connectivity index (χ2n) is 5.78. The first-order chi connectivity index (χ1) is 8.68. The Kier molecular flexibility index (Phi) is 4.62. The lowest BCUT2D eigenvalue weighted by atomic mass is 9.90. The molecule has 0 atom stereocenters. The second kappa shape index (κ2) is 6.02. The molecule has 0 unspecified atom stereocenters. The van der Waals surface area contributed by atoms with Crippen molar-refractivity contribution in [1.82, 2.24) is 10.2 Å². The number of nitrogens with zero attached hydrogens (tertiary/aromatic N) is 1. The minimum Gasteiger partial charge on any atom is -0.368 e. The van der Waals surface area contributed by atoms with Gasteiger partial charge in [-0.25, -0.2) is 0 Å². The van der Waals surface area contributed by atoms with Crippen LogP contribution >= 0.6 is 0 Å². The molecule has 0 spiro atoms. The molecule has 0 bridgehead atoms. The Labute approximate surface area is 110 Å². The highest BCUT2D eigenvalue weighted by Crippen LogP contribution is 2.28. The van der Waals surface area contributed by atoms with Crippen LogP contribution < -0.4 is 5.32 Å². The summed E-state index contributed by atoms with van der Waals surface area (Å²) in [5.74, 6) is 0.882. The largest absolute Gasteiger partial charge is 0.368 e. The zero-order valence-corrected chi connectivity index (χ0v) is 11.7. The van der Waals surface area contributed by atoms with E-state index in [1.807, 2.05) is 11.9 Å². The first-order valence-electron chi connectivity index (χ1n) is 7.19. The van der Waals surface area contributed by atoms with Crippen molar-refractivity contribution in [3.63, 3.8) is 0 Å². The molecule has 1 saturated heterocycles. The van der Waals surface area contributed by atoms with Crippen molar-refractivity contribution in [2.75, 3.05) is 33.8 Å². The van der Waals surface area contributed by atoms with Gasteiger partial charge in [-0.2, -0.15) is 0 Å². The molecule has 0 aromatic heterocycles. The number of methoxy groups -OCH3 is 1. The number of piperidine rings is 1. The van der Waals surface area contributed by atoms with Crippen molar-refractivity contribution >= 4 is 5.91 Å². The summed E-state index contributed by atoms with van der Waals surface area (Å²) in [6.07, 6.45) is 6.78. The van der Waals surface area contributed by atoms with E-state index in [9.17, 15) is 4.79 Å². The molecule has 18 heavy (non-hydrogen) atoms. The summed E-state index contributed by atoms with van der Waals surface area (Å²) in [5.41, 5.74) is -0.571. The Hall–Kier alpha value is -0.610. The van der Waals surface area contributed by atoms with E-state index in [2.05, 4.69) is 5.32 Å². The lowest BCUT2D eigenvalue weighted by molar-refractivity contribution is -0.157. The van der Waals surface area contributed by atoms with Gasteiger partial charge in [0.2, 0.25) is 0 Å². The number of rotatable bonds is 4. The quantitative estimate of drug-likeness (QED) is 0.824. The normalized spacial score (nSPS) is 24.1. The fraction of sp³-hybridized carbons (Fsp3) is 0.929. The van der Waals surface area contributed by atoms with Crippen LogP contribution in [0.5, 0.6) is 0 Å². The van der Waals surface area contributed by atoms with Gasteiger partial charge in [-0.05, 0) is 44.7 Å². The van der Waals surface area contributed by atoms with Gasteiger partial charge in [0.25, 0.3) is 5.91 Å². The van der Waals surface area contributed by atoms with Crippen LogP contribution in [-0.2, 0) is 9.53 Å². The molecular formula is C14H26N2O2. The van der Waals surface area contributed by atoms with Gasteiger partial charge in [-0.1, -0.05) is 12.8 Å². The van der Waals surface area contributed by atoms with Crippen LogP contribution in [0.2, 0.25) is 0 Å². The van der Waals surface area contributed by atoms with Gasteiger partial charge < -0.3 is 15.0 Å². The fourth-order valence-corrected chi connectivity index (χ4v) is 3.35. The predicted molar refractivity (Wildman–Crippen MR) is 71.4 cm³/mol. The molecule has 4 heteroatoms. The van der Waals surface area contributed by atoms with Crippen molar-refractivity contribution in [3.05, 3.63) is 0 Å². The van der Waals surface area contributed by atoms with Gasteiger partial charge in [0.05, 0.1) is 0 Å². The standard InChI is InChI=1S/C14H26N2O2/c1-16(11-12-5-3-4-6-12)13(17)14(18-2)7-9-15-10-8-14/h12,15H,3-11H2,1-2H3. The van der Waals surface area contributed by atoms with Gasteiger partial charge in [0, 0.05) is 20.7 Å². The molecule has 104 valence electrons. The van der Waals surface area contributed by atoms with Crippen molar-refractivity contribution < 1.29 is 9.53 Å². The number of ether oxygens (including phenoxy) is 1. The lowest BCUT2D eigenvalue weighted by Crippen LogP contribution is -2.55. The van der Waals surface area contributed by atoms with Crippen LogP contribution in [0.25, 0.3) is 0 Å². The van der Waals surface area contributed by atoms with E-state index in [1.165, 1.54) is 25.7 Å². The molecule has 1 N–H and O–H groups in total. The highest BCUT2D eigenvalue weighted by molar-refractivity contribution is 5.85. The molecule has 0 aromatic carbocycles. The Bertz CT molecular complexity index is 282. The van der Waals surface area contributed by atoms with E-state index >= 15 is 0 Å². The first kappa shape index (κ1) is 13.8. The third-order valence-corrected chi connectivity index (χ3v) is 4.55. The van der Waals surface area contributed by atoms with Crippen molar-refractivity contribution in [1.29, 1.82) is 0 Å². The Balaban J connectivity index is 1.94. The van der Waals surface area contributed by atoms with E-state index in [0.29, 0.717) is 5.92 Å². The average molecular weight is 254 g/mol. The Morgan fingerprint density at radius 1 is 1.33 bits per heavy atom. The van der Waals surface area contributed by atoms with Crippen LogP contribution in [0.3, 0.4) is 0 Å². The van der Waals surface area contributed by atoms with Crippen LogP contribution in [0.15, 0.2) is 0 Å². The maximum Gasteiger partial charge on any atom is 0.254 e. The van der Waals surface area contributed by atoms with Gasteiger partial charge in [0.15, 0.2) is 0 Å². The zero-order chi connectivity index (χ0) is 13.0. The lowest BCUT2D eigenvalue weighted by Gasteiger charge is -2.38.